The highest BCUT2D eigenvalue weighted by Gasteiger charge is 2.30. The lowest BCUT2D eigenvalue weighted by Gasteiger charge is -2.10. The first-order valence-electron chi connectivity index (χ1n) is 9.97. The van der Waals surface area contributed by atoms with E-state index in [0.29, 0.717) is 23.4 Å². The molecule has 1 aliphatic rings. The zero-order chi connectivity index (χ0) is 23.8. The third kappa shape index (κ3) is 5.14. The Hall–Kier alpha value is -3.46. The van der Waals surface area contributed by atoms with Crippen molar-refractivity contribution in [3.8, 4) is 11.3 Å². The second-order valence-corrected chi connectivity index (χ2v) is 9.74. The van der Waals surface area contributed by atoms with Crippen LogP contribution < -0.4 is 5.32 Å². The van der Waals surface area contributed by atoms with Crippen molar-refractivity contribution in [1.82, 2.24) is 10.3 Å². The number of nitrogens with zero attached hydrogens (tertiary/aromatic N) is 1. The van der Waals surface area contributed by atoms with Crippen molar-refractivity contribution in [2.75, 3.05) is 6.26 Å². The zero-order valence-corrected chi connectivity index (χ0v) is 18.3. The molecule has 1 heterocycles. The molecule has 0 fully saturated rings. The molecule has 0 saturated heterocycles. The molecule has 0 bridgehead atoms. The Morgan fingerprint density at radius 1 is 1.00 bits per heavy atom. The first-order chi connectivity index (χ1) is 15.5. The topological polar surface area (TPSA) is 76.1 Å². The van der Waals surface area contributed by atoms with Crippen molar-refractivity contribution in [1.29, 1.82) is 0 Å². The average molecular weight is 472 g/mol. The number of alkyl halides is 3. The van der Waals surface area contributed by atoms with Gasteiger partial charge in [-0.3, -0.25) is 9.78 Å². The van der Waals surface area contributed by atoms with Gasteiger partial charge in [-0.05, 0) is 42.0 Å². The molecule has 1 amide bonds. The van der Waals surface area contributed by atoms with E-state index in [1.54, 1.807) is 18.2 Å². The summed E-state index contributed by atoms with van der Waals surface area (Å²) in [4.78, 5) is 17.3. The molecule has 0 atom stereocenters. The van der Waals surface area contributed by atoms with Crippen molar-refractivity contribution < 1.29 is 26.4 Å². The third-order valence-corrected chi connectivity index (χ3v) is 6.39. The lowest BCUT2D eigenvalue weighted by atomic mass is 10.1. The van der Waals surface area contributed by atoms with Crippen molar-refractivity contribution in [2.45, 2.75) is 23.9 Å². The van der Waals surface area contributed by atoms with Crippen molar-refractivity contribution in [3.63, 3.8) is 0 Å². The van der Waals surface area contributed by atoms with E-state index in [0.717, 1.165) is 35.2 Å². The van der Waals surface area contributed by atoms with Gasteiger partial charge in [0, 0.05) is 29.5 Å². The molecule has 0 spiro atoms. The summed E-state index contributed by atoms with van der Waals surface area (Å²) < 4.78 is 61.3. The van der Waals surface area contributed by atoms with Crippen LogP contribution in [0.1, 0.15) is 22.4 Å². The molecule has 0 saturated carbocycles. The summed E-state index contributed by atoms with van der Waals surface area (Å²) in [5.74, 6) is -0.339. The molecule has 9 heteroatoms. The highest BCUT2D eigenvalue weighted by atomic mass is 32.2. The quantitative estimate of drug-likeness (QED) is 0.596. The van der Waals surface area contributed by atoms with Crippen LogP contribution in [0.5, 0.6) is 0 Å². The minimum absolute atomic E-state index is 0.0526. The summed E-state index contributed by atoms with van der Waals surface area (Å²) in [6.07, 6.45) is -0.974. The van der Waals surface area contributed by atoms with Gasteiger partial charge in [-0.15, -0.1) is 0 Å². The molecule has 33 heavy (non-hydrogen) atoms. The van der Waals surface area contributed by atoms with Crippen LogP contribution in [0.2, 0.25) is 0 Å². The Labute approximate surface area is 188 Å². The van der Waals surface area contributed by atoms with E-state index in [1.165, 1.54) is 24.3 Å². The minimum atomic E-state index is -4.42. The number of carbonyl (C=O) groups is 1. The van der Waals surface area contributed by atoms with Gasteiger partial charge in [0.1, 0.15) is 0 Å². The Bertz CT molecular complexity index is 1350. The third-order valence-electron chi connectivity index (χ3n) is 5.26. The Kier molecular flexibility index (Phi) is 5.84. The van der Waals surface area contributed by atoms with Gasteiger partial charge in [-0.1, -0.05) is 30.3 Å². The standard InChI is InChI=1S/C24H19F3N2O3S/c1-33(31,32)18-8-4-16(5-9-18)20-11-10-19-21(28-20)12-13-22(19)29-23(30)14-15-2-6-17(7-3-15)24(25,26)27/h2-11,13H,12,14H2,1H3,(H,29,30). The smallest absolute Gasteiger partial charge is 0.325 e. The first-order valence-corrected chi connectivity index (χ1v) is 11.9. The SMILES string of the molecule is CS(=O)(=O)c1ccc(-c2ccc3c(n2)CC=C3NC(=O)Cc2ccc(C(F)(F)F)cc2)cc1. The van der Waals surface area contributed by atoms with E-state index in [2.05, 4.69) is 10.3 Å². The number of benzene rings is 2. The van der Waals surface area contributed by atoms with Gasteiger partial charge in [-0.25, -0.2) is 8.42 Å². The number of carbonyl (C=O) groups excluding carboxylic acids is 1. The lowest BCUT2D eigenvalue weighted by Crippen LogP contribution is -2.23. The fraction of sp³-hybridized carbons (Fsp3) is 0.167. The Balaban J connectivity index is 1.44. The molecule has 1 N–H and O–H groups in total. The fourth-order valence-corrected chi connectivity index (χ4v) is 4.18. The summed E-state index contributed by atoms with van der Waals surface area (Å²) in [5.41, 5.74) is 3.31. The molecule has 3 aromatic rings. The average Bonchev–Trinajstić information content (AvgIpc) is 3.15. The van der Waals surface area contributed by atoms with Gasteiger partial charge in [0.2, 0.25) is 5.91 Å². The van der Waals surface area contributed by atoms with Crippen molar-refractivity contribution in [2.24, 2.45) is 0 Å². The number of pyridine rings is 1. The first kappa shape index (κ1) is 22.7. The largest absolute Gasteiger partial charge is 0.416 e. The van der Waals surface area contributed by atoms with Crippen LogP contribution in [-0.2, 0) is 33.6 Å². The van der Waals surface area contributed by atoms with Crippen molar-refractivity contribution in [3.05, 3.63) is 89.1 Å². The molecule has 0 radical (unpaired) electrons. The van der Waals surface area contributed by atoms with E-state index >= 15 is 0 Å². The van der Waals surface area contributed by atoms with Crippen LogP contribution >= 0.6 is 0 Å². The predicted octanol–water partition coefficient (Wildman–Crippen LogP) is 4.43. The summed E-state index contributed by atoms with van der Waals surface area (Å²) in [6.45, 7) is 0. The molecule has 1 aliphatic carbocycles. The molecular weight excluding hydrogens is 453 g/mol. The van der Waals surface area contributed by atoms with Crippen LogP contribution in [0.25, 0.3) is 17.0 Å². The van der Waals surface area contributed by atoms with Gasteiger partial charge in [-0.2, -0.15) is 13.2 Å². The molecule has 2 aromatic carbocycles. The summed E-state index contributed by atoms with van der Waals surface area (Å²) >= 11 is 0. The Morgan fingerprint density at radius 3 is 2.27 bits per heavy atom. The van der Waals surface area contributed by atoms with E-state index in [9.17, 15) is 26.4 Å². The lowest BCUT2D eigenvalue weighted by molar-refractivity contribution is -0.137. The monoisotopic (exact) mass is 472 g/mol. The number of hydrogen-bond acceptors (Lipinski definition) is 4. The van der Waals surface area contributed by atoms with Gasteiger partial charge in [0.05, 0.1) is 28.3 Å². The second kappa shape index (κ2) is 8.47. The maximum Gasteiger partial charge on any atom is 0.416 e. The predicted molar refractivity (Wildman–Crippen MR) is 118 cm³/mol. The highest BCUT2D eigenvalue weighted by molar-refractivity contribution is 7.90. The van der Waals surface area contributed by atoms with Crippen LogP contribution in [0, 0.1) is 0 Å². The number of fused-ring (bicyclic) bond motifs is 1. The van der Waals surface area contributed by atoms with Crippen LogP contribution in [-0.4, -0.2) is 25.6 Å². The molecule has 1 aromatic heterocycles. The fourth-order valence-electron chi connectivity index (χ4n) is 3.55. The van der Waals surface area contributed by atoms with Crippen LogP contribution in [0.15, 0.2) is 71.6 Å². The van der Waals surface area contributed by atoms with E-state index < -0.39 is 21.6 Å². The van der Waals surface area contributed by atoms with E-state index in [-0.39, 0.29) is 17.2 Å². The van der Waals surface area contributed by atoms with Crippen LogP contribution in [0.4, 0.5) is 13.2 Å². The number of rotatable bonds is 5. The van der Waals surface area contributed by atoms with Gasteiger partial charge >= 0.3 is 6.18 Å². The Morgan fingerprint density at radius 2 is 1.67 bits per heavy atom. The van der Waals surface area contributed by atoms with E-state index in [4.69, 9.17) is 0 Å². The molecular formula is C24H19F3N2O3S. The second-order valence-electron chi connectivity index (χ2n) is 7.73. The number of nitrogens with one attached hydrogen (secondary N) is 1. The van der Waals surface area contributed by atoms with E-state index in [1.807, 2.05) is 12.1 Å². The van der Waals surface area contributed by atoms with Gasteiger partial charge in [0.25, 0.3) is 0 Å². The zero-order valence-electron chi connectivity index (χ0n) is 17.5. The molecule has 0 aliphatic heterocycles. The maximum atomic E-state index is 12.7. The van der Waals surface area contributed by atoms with Crippen LogP contribution in [0.3, 0.4) is 0 Å². The number of allylic oxidation sites excluding steroid dienone is 1. The molecule has 4 rings (SSSR count). The summed E-state index contributed by atoms with van der Waals surface area (Å²) in [5, 5.41) is 2.80. The summed E-state index contributed by atoms with van der Waals surface area (Å²) in [6, 6.07) is 14.6. The van der Waals surface area contributed by atoms with Gasteiger partial charge in [0.15, 0.2) is 9.84 Å². The highest BCUT2D eigenvalue weighted by Crippen LogP contribution is 2.30. The number of amides is 1. The molecule has 0 unspecified atom stereocenters. The number of aromatic nitrogens is 1. The number of halogens is 3. The molecule has 5 nitrogen and oxygen atoms in total. The number of hydrogen-bond donors (Lipinski definition) is 1. The minimum Gasteiger partial charge on any atom is -0.325 e. The summed E-state index contributed by atoms with van der Waals surface area (Å²) in [7, 11) is -3.28. The van der Waals surface area contributed by atoms with Gasteiger partial charge < -0.3 is 5.32 Å². The number of sulfone groups is 1. The van der Waals surface area contributed by atoms with Crippen molar-refractivity contribution >= 4 is 21.4 Å². The normalized spacial score (nSPS) is 13.4. The molecule has 170 valence electrons. The maximum absolute atomic E-state index is 12.7.